The van der Waals surface area contributed by atoms with E-state index in [0.717, 1.165) is 49.9 Å². The number of carbonyl (C=O) groups excluding carboxylic acids is 1. The Morgan fingerprint density at radius 3 is 2.45 bits per heavy atom. The molecule has 3 aromatic carbocycles. The molecule has 0 radical (unpaired) electrons. The van der Waals surface area contributed by atoms with Gasteiger partial charge in [0.2, 0.25) is 0 Å². The maximum absolute atomic E-state index is 13.0. The van der Waals surface area contributed by atoms with Crippen molar-refractivity contribution in [3.05, 3.63) is 83.2 Å². The van der Waals surface area contributed by atoms with Crippen LogP contribution in [0.2, 0.25) is 0 Å². The number of hydrogen-bond acceptors (Lipinski definition) is 5. The van der Waals surface area contributed by atoms with E-state index in [1.165, 1.54) is 7.11 Å². The van der Waals surface area contributed by atoms with Crippen LogP contribution in [0, 0.1) is 13.8 Å². The minimum atomic E-state index is -0.393. The monoisotopic (exact) mass is 440 g/mol. The third-order valence-electron chi connectivity index (χ3n) is 6.08. The maximum atomic E-state index is 13.0. The average molecular weight is 440 g/mol. The highest BCUT2D eigenvalue weighted by Crippen LogP contribution is 2.39. The quantitative estimate of drug-likeness (QED) is 0.318. The lowest BCUT2D eigenvalue weighted by molar-refractivity contribution is 0.0603. The molecule has 0 spiro atoms. The third kappa shape index (κ3) is 3.44. The molecule has 0 saturated carbocycles. The fraction of sp³-hybridized carbons (Fsp3) is 0.185. The molecule has 0 aliphatic heterocycles. The Morgan fingerprint density at radius 1 is 1.00 bits per heavy atom. The number of esters is 1. The molecule has 0 unspecified atom stereocenters. The highest BCUT2D eigenvalue weighted by molar-refractivity contribution is 6.18. The van der Waals surface area contributed by atoms with Gasteiger partial charge >= 0.3 is 5.97 Å². The van der Waals surface area contributed by atoms with Crippen LogP contribution in [-0.2, 0) is 11.3 Å². The first kappa shape index (κ1) is 20.8. The van der Waals surface area contributed by atoms with Gasteiger partial charge in [0.05, 0.1) is 31.0 Å². The summed E-state index contributed by atoms with van der Waals surface area (Å²) in [7, 11) is 3.04. The van der Waals surface area contributed by atoms with Gasteiger partial charge in [0, 0.05) is 28.4 Å². The summed E-state index contributed by atoms with van der Waals surface area (Å²) in [5, 5.41) is 5.88. The summed E-state index contributed by atoms with van der Waals surface area (Å²) in [5.41, 5.74) is 6.12. The van der Waals surface area contributed by atoms with Crippen molar-refractivity contribution in [3.63, 3.8) is 0 Å². The normalized spacial score (nSPS) is 11.3. The smallest absolute Gasteiger partial charge is 0.338 e. The first-order valence-electron chi connectivity index (χ1n) is 10.7. The highest BCUT2D eigenvalue weighted by Gasteiger charge is 2.23. The fourth-order valence-corrected chi connectivity index (χ4v) is 4.58. The number of rotatable bonds is 5. The van der Waals surface area contributed by atoms with E-state index in [-0.39, 0.29) is 0 Å². The van der Waals surface area contributed by atoms with Crippen LogP contribution in [0.5, 0.6) is 5.75 Å². The molecular formula is C27H24N2O4. The van der Waals surface area contributed by atoms with Crippen molar-refractivity contribution in [1.82, 2.24) is 9.72 Å². The molecule has 0 saturated heterocycles. The summed E-state index contributed by atoms with van der Waals surface area (Å²) in [6, 6.07) is 20.2. The molecule has 0 aliphatic rings. The zero-order chi connectivity index (χ0) is 23.1. The van der Waals surface area contributed by atoms with E-state index in [1.54, 1.807) is 7.11 Å². The minimum absolute atomic E-state index is 0.393. The van der Waals surface area contributed by atoms with Crippen molar-refractivity contribution >= 4 is 27.8 Å². The van der Waals surface area contributed by atoms with Crippen LogP contribution in [-0.4, -0.2) is 29.9 Å². The van der Waals surface area contributed by atoms with Gasteiger partial charge in [-0.3, -0.25) is 0 Å². The third-order valence-corrected chi connectivity index (χ3v) is 6.08. The van der Waals surface area contributed by atoms with Gasteiger partial charge in [-0.25, -0.2) is 4.79 Å². The summed E-state index contributed by atoms with van der Waals surface area (Å²) in [6.07, 6.45) is 0. The lowest BCUT2D eigenvalue weighted by Gasteiger charge is -2.11. The number of aryl methyl sites for hydroxylation is 2. The largest absolute Gasteiger partial charge is 0.497 e. The van der Waals surface area contributed by atoms with Crippen LogP contribution in [0.4, 0.5) is 0 Å². The van der Waals surface area contributed by atoms with E-state index in [0.29, 0.717) is 17.9 Å². The number of nitrogens with zero attached hydrogens (tertiary/aromatic N) is 2. The molecule has 5 aromatic rings. The SMILES string of the molecule is COC(=O)c1cc(-c2c(C)noc2C)cc2c1c1cc(OC)ccc1n2Cc1ccccc1. The van der Waals surface area contributed by atoms with Gasteiger partial charge in [0.15, 0.2) is 0 Å². The standard InChI is InChI=1S/C27H24N2O4/c1-16-25(17(2)33-28-16)19-12-22(27(30)32-4)26-21-14-20(31-3)10-11-23(21)29(24(26)13-19)15-18-8-6-5-7-9-18/h5-14H,15H2,1-4H3. The Hall–Kier alpha value is -4.06. The number of hydrogen-bond donors (Lipinski definition) is 0. The van der Waals surface area contributed by atoms with Crippen molar-refractivity contribution in [2.45, 2.75) is 20.4 Å². The van der Waals surface area contributed by atoms with Gasteiger partial charge in [-0.15, -0.1) is 0 Å². The van der Waals surface area contributed by atoms with E-state index < -0.39 is 5.97 Å². The molecule has 5 rings (SSSR count). The van der Waals surface area contributed by atoms with Gasteiger partial charge in [-0.1, -0.05) is 35.5 Å². The van der Waals surface area contributed by atoms with Crippen molar-refractivity contribution in [2.75, 3.05) is 14.2 Å². The van der Waals surface area contributed by atoms with Crippen LogP contribution < -0.4 is 4.74 Å². The molecule has 2 heterocycles. The Kier molecular flexibility index (Phi) is 5.13. The van der Waals surface area contributed by atoms with Crippen molar-refractivity contribution in [1.29, 1.82) is 0 Å². The summed E-state index contributed by atoms with van der Waals surface area (Å²) in [5.74, 6) is 1.04. The molecule has 0 aliphatic carbocycles. The van der Waals surface area contributed by atoms with Gasteiger partial charge in [-0.05, 0) is 55.3 Å². The molecule has 2 aromatic heterocycles. The summed E-state index contributed by atoms with van der Waals surface area (Å²) < 4.78 is 18.3. The van der Waals surface area contributed by atoms with E-state index in [1.807, 2.05) is 56.3 Å². The predicted molar refractivity (Wildman–Crippen MR) is 128 cm³/mol. The summed E-state index contributed by atoms with van der Waals surface area (Å²) >= 11 is 0. The van der Waals surface area contributed by atoms with Crippen LogP contribution >= 0.6 is 0 Å². The van der Waals surface area contributed by atoms with Crippen LogP contribution in [0.25, 0.3) is 32.9 Å². The Labute approximate surface area is 191 Å². The van der Waals surface area contributed by atoms with Crippen LogP contribution in [0.3, 0.4) is 0 Å². The van der Waals surface area contributed by atoms with Crippen molar-refractivity contribution in [3.8, 4) is 16.9 Å². The average Bonchev–Trinajstić information content (AvgIpc) is 3.34. The molecule has 33 heavy (non-hydrogen) atoms. The van der Waals surface area contributed by atoms with Crippen molar-refractivity contribution in [2.24, 2.45) is 0 Å². The van der Waals surface area contributed by atoms with Crippen LogP contribution in [0.1, 0.15) is 27.4 Å². The molecule has 166 valence electrons. The molecule has 0 atom stereocenters. The highest BCUT2D eigenvalue weighted by atomic mass is 16.5. The van der Waals surface area contributed by atoms with Gasteiger partial charge in [0.25, 0.3) is 0 Å². The molecule has 6 nitrogen and oxygen atoms in total. The Balaban J connectivity index is 1.90. The van der Waals surface area contributed by atoms with Crippen LogP contribution in [0.15, 0.2) is 65.2 Å². The zero-order valence-corrected chi connectivity index (χ0v) is 19.0. The van der Waals surface area contributed by atoms with E-state index >= 15 is 0 Å². The number of fused-ring (bicyclic) bond motifs is 3. The van der Waals surface area contributed by atoms with Gasteiger partial charge in [-0.2, -0.15) is 0 Å². The summed E-state index contributed by atoms with van der Waals surface area (Å²) in [6.45, 7) is 4.43. The fourth-order valence-electron chi connectivity index (χ4n) is 4.58. The topological polar surface area (TPSA) is 66.5 Å². The number of ether oxygens (including phenoxy) is 2. The van der Waals surface area contributed by atoms with E-state index in [4.69, 9.17) is 14.0 Å². The van der Waals surface area contributed by atoms with Gasteiger partial charge in [0.1, 0.15) is 11.5 Å². The summed E-state index contributed by atoms with van der Waals surface area (Å²) in [4.78, 5) is 13.0. The molecule has 0 fully saturated rings. The van der Waals surface area contributed by atoms with E-state index in [9.17, 15) is 4.79 Å². The number of carbonyl (C=O) groups is 1. The maximum Gasteiger partial charge on any atom is 0.338 e. The zero-order valence-electron chi connectivity index (χ0n) is 19.0. The van der Waals surface area contributed by atoms with Crippen molar-refractivity contribution < 1.29 is 18.8 Å². The number of benzene rings is 3. The molecule has 0 amide bonds. The Morgan fingerprint density at radius 2 is 1.79 bits per heavy atom. The second-order valence-corrected chi connectivity index (χ2v) is 8.06. The Bertz CT molecular complexity index is 1480. The molecular weight excluding hydrogens is 416 g/mol. The van der Waals surface area contributed by atoms with E-state index in [2.05, 4.69) is 27.9 Å². The first-order valence-corrected chi connectivity index (χ1v) is 10.7. The number of aromatic nitrogens is 2. The second-order valence-electron chi connectivity index (χ2n) is 8.06. The lowest BCUT2D eigenvalue weighted by atomic mass is 9.97. The number of methoxy groups -OCH3 is 2. The molecule has 0 N–H and O–H groups in total. The first-order chi connectivity index (χ1) is 16.0. The minimum Gasteiger partial charge on any atom is -0.497 e. The predicted octanol–water partition coefficient (Wildman–Crippen LogP) is 5.91. The lowest BCUT2D eigenvalue weighted by Crippen LogP contribution is -2.04. The molecule has 6 heteroatoms. The van der Waals surface area contributed by atoms with Gasteiger partial charge < -0.3 is 18.6 Å². The second kappa shape index (κ2) is 8.13. The molecule has 0 bridgehead atoms.